The maximum Gasteiger partial charge on any atom is 0.261 e. The molecule has 0 unspecified atom stereocenters. The van der Waals surface area contributed by atoms with Crippen molar-refractivity contribution in [1.29, 1.82) is 0 Å². The van der Waals surface area contributed by atoms with Crippen molar-refractivity contribution in [3.05, 3.63) is 58.4 Å². The van der Waals surface area contributed by atoms with Crippen LogP contribution < -0.4 is 10.5 Å². The van der Waals surface area contributed by atoms with Gasteiger partial charge in [0.1, 0.15) is 17.5 Å². The molecule has 0 amide bonds. The number of fused-ring (bicyclic) bond motifs is 2. The van der Waals surface area contributed by atoms with E-state index in [1.807, 2.05) is 17.5 Å². The lowest BCUT2D eigenvalue weighted by molar-refractivity contribution is 0.348. The summed E-state index contributed by atoms with van der Waals surface area (Å²) < 4.78 is 17.1. The van der Waals surface area contributed by atoms with E-state index < -0.39 is 0 Å². The van der Waals surface area contributed by atoms with Gasteiger partial charge in [0, 0.05) is 38.1 Å². The quantitative estimate of drug-likeness (QED) is 0.519. The van der Waals surface area contributed by atoms with Gasteiger partial charge in [0.25, 0.3) is 5.56 Å². The monoisotopic (exact) mass is 407 g/mol. The number of aryl methyl sites for hydroxylation is 2. The summed E-state index contributed by atoms with van der Waals surface area (Å²) in [6.07, 6.45) is 5.51. The third-order valence-electron chi connectivity index (χ3n) is 5.94. The lowest BCUT2D eigenvalue weighted by Gasteiger charge is -2.33. The van der Waals surface area contributed by atoms with Crippen LogP contribution in [0.25, 0.3) is 16.6 Å². The van der Waals surface area contributed by atoms with Gasteiger partial charge in [0.2, 0.25) is 5.65 Å². The summed E-state index contributed by atoms with van der Waals surface area (Å²) in [7, 11) is 0. The van der Waals surface area contributed by atoms with E-state index in [2.05, 4.69) is 25.1 Å². The average Bonchev–Trinajstić information content (AvgIpc) is 3.12. The van der Waals surface area contributed by atoms with Crippen LogP contribution >= 0.6 is 0 Å². The lowest BCUT2D eigenvalue weighted by atomic mass is 9.96. The molecular weight excluding hydrogens is 385 g/mol. The Morgan fingerprint density at radius 1 is 1.13 bits per heavy atom. The molecule has 0 aliphatic carbocycles. The topological polar surface area (TPSA) is 81.2 Å². The molecule has 0 N–H and O–H groups in total. The van der Waals surface area contributed by atoms with Gasteiger partial charge in [-0.2, -0.15) is 0 Å². The molecule has 1 fully saturated rings. The molecule has 3 aromatic heterocycles. The predicted molar refractivity (Wildman–Crippen MR) is 111 cm³/mol. The molecule has 0 atom stereocenters. The summed E-state index contributed by atoms with van der Waals surface area (Å²) >= 11 is 0. The van der Waals surface area contributed by atoms with Crippen molar-refractivity contribution >= 4 is 22.4 Å². The fourth-order valence-electron chi connectivity index (χ4n) is 4.26. The smallest absolute Gasteiger partial charge is 0.261 e. The molecule has 8 nitrogen and oxygen atoms in total. The molecule has 4 heterocycles. The SMILES string of the molecule is Cc1nc2cc(F)ccc2c(=O)n1CC1CCN(c2nccn3c(C)nnc23)CC1. The van der Waals surface area contributed by atoms with E-state index in [4.69, 9.17) is 0 Å². The first-order valence-electron chi connectivity index (χ1n) is 10.1. The Hall–Kier alpha value is -3.36. The summed E-state index contributed by atoms with van der Waals surface area (Å²) in [6, 6.07) is 4.14. The summed E-state index contributed by atoms with van der Waals surface area (Å²) in [5, 5.41) is 8.87. The maximum atomic E-state index is 13.5. The number of hydrogen-bond acceptors (Lipinski definition) is 6. The second-order valence-corrected chi connectivity index (χ2v) is 7.86. The number of benzene rings is 1. The van der Waals surface area contributed by atoms with Crippen molar-refractivity contribution in [2.24, 2.45) is 5.92 Å². The molecule has 1 aliphatic rings. The zero-order valence-corrected chi connectivity index (χ0v) is 16.9. The highest BCUT2D eigenvalue weighted by Gasteiger charge is 2.24. The molecule has 0 bridgehead atoms. The van der Waals surface area contributed by atoms with Crippen molar-refractivity contribution in [2.75, 3.05) is 18.0 Å². The van der Waals surface area contributed by atoms with E-state index in [0.717, 1.165) is 43.2 Å². The van der Waals surface area contributed by atoms with Crippen LogP contribution in [0.1, 0.15) is 24.5 Å². The van der Waals surface area contributed by atoms with Gasteiger partial charge in [-0.3, -0.25) is 13.8 Å². The minimum absolute atomic E-state index is 0.106. The molecular formula is C21H22FN7O. The zero-order chi connectivity index (χ0) is 20.8. The van der Waals surface area contributed by atoms with E-state index in [1.165, 1.54) is 18.2 Å². The number of nitrogens with zero attached hydrogens (tertiary/aromatic N) is 7. The van der Waals surface area contributed by atoms with Gasteiger partial charge in [-0.15, -0.1) is 10.2 Å². The molecule has 5 rings (SSSR count). The minimum atomic E-state index is -0.384. The highest BCUT2D eigenvalue weighted by atomic mass is 19.1. The Balaban J connectivity index is 1.35. The van der Waals surface area contributed by atoms with E-state index in [9.17, 15) is 9.18 Å². The highest BCUT2D eigenvalue weighted by molar-refractivity contribution is 5.77. The third kappa shape index (κ3) is 3.10. The normalized spacial score (nSPS) is 15.4. The first-order chi connectivity index (χ1) is 14.5. The Labute approximate surface area is 172 Å². The molecule has 1 aliphatic heterocycles. The van der Waals surface area contributed by atoms with E-state index in [0.29, 0.717) is 29.2 Å². The number of piperidine rings is 1. The molecule has 30 heavy (non-hydrogen) atoms. The zero-order valence-electron chi connectivity index (χ0n) is 16.9. The second kappa shape index (κ2) is 7.16. The number of anilines is 1. The van der Waals surface area contributed by atoms with Gasteiger partial charge in [-0.25, -0.2) is 14.4 Å². The average molecular weight is 407 g/mol. The fraction of sp³-hybridized carbons (Fsp3) is 0.381. The Morgan fingerprint density at radius 2 is 1.93 bits per heavy atom. The maximum absolute atomic E-state index is 13.5. The Kier molecular flexibility index (Phi) is 4.45. The van der Waals surface area contributed by atoms with Crippen molar-refractivity contribution in [1.82, 2.24) is 29.1 Å². The van der Waals surface area contributed by atoms with E-state index in [-0.39, 0.29) is 11.4 Å². The van der Waals surface area contributed by atoms with Crippen molar-refractivity contribution in [3.63, 3.8) is 0 Å². The standard InChI is InChI=1S/C21H22FN7O/c1-13-24-18-11-16(22)3-4-17(18)21(30)29(13)12-15-5-8-27(9-6-15)19-20-26-25-14(2)28(20)10-7-23-19/h3-4,7,10-11,15H,5-6,8-9,12H2,1-2H3. The number of hydrogen-bond donors (Lipinski definition) is 0. The summed E-state index contributed by atoms with van der Waals surface area (Å²) in [5.74, 6) is 2.27. The highest BCUT2D eigenvalue weighted by Crippen LogP contribution is 2.25. The molecule has 0 spiro atoms. The first kappa shape index (κ1) is 18.7. The number of rotatable bonds is 3. The molecule has 154 valence electrons. The van der Waals surface area contributed by atoms with Crippen molar-refractivity contribution in [2.45, 2.75) is 33.2 Å². The number of halogens is 1. The van der Waals surface area contributed by atoms with Crippen molar-refractivity contribution < 1.29 is 4.39 Å². The largest absolute Gasteiger partial charge is 0.353 e. The van der Waals surface area contributed by atoms with Crippen LogP contribution in [0.2, 0.25) is 0 Å². The van der Waals surface area contributed by atoms with E-state index in [1.54, 1.807) is 17.7 Å². The summed E-state index contributed by atoms with van der Waals surface area (Å²) in [5.41, 5.74) is 1.07. The molecule has 0 saturated carbocycles. The Bertz CT molecular complexity index is 1300. The molecule has 9 heteroatoms. The molecule has 1 saturated heterocycles. The van der Waals surface area contributed by atoms with Crippen LogP contribution in [0.5, 0.6) is 0 Å². The van der Waals surface area contributed by atoms with Gasteiger partial charge in [-0.1, -0.05) is 0 Å². The van der Waals surface area contributed by atoms with Gasteiger partial charge >= 0.3 is 0 Å². The van der Waals surface area contributed by atoms with Gasteiger partial charge in [0.15, 0.2) is 5.82 Å². The Morgan fingerprint density at radius 3 is 2.73 bits per heavy atom. The summed E-state index contributed by atoms with van der Waals surface area (Å²) in [6.45, 7) is 6.01. The van der Waals surface area contributed by atoms with Crippen LogP contribution in [0, 0.1) is 25.6 Å². The number of aromatic nitrogens is 6. The first-order valence-corrected chi connectivity index (χ1v) is 10.1. The molecule has 0 radical (unpaired) electrons. The second-order valence-electron chi connectivity index (χ2n) is 7.86. The van der Waals surface area contributed by atoms with Crippen LogP contribution in [0.15, 0.2) is 35.4 Å². The predicted octanol–water partition coefficient (Wildman–Crippen LogP) is 2.51. The van der Waals surface area contributed by atoms with Gasteiger partial charge < -0.3 is 4.90 Å². The summed E-state index contributed by atoms with van der Waals surface area (Å²) in [4.78, 5) is 24.1. The van der Waals surface area contributed by atoms with E-state index >= 15 is 0 Å². The minimum Gasteiger partial charge on any atom is -0.353 e. The van der Waals surface area contributed by atoms with Gasteiger partial charge in [-0.05, 0) is 44.7 Å². The fourth-order valence-corrected chi connectivity index (χ4v) is 4.26. The lowest BCUT2D eigenvalue weighted by Crippen LogP contribution is -2.37. The van der Waals surface area contributed by atoms with Crippen LogP contribution in [0.3, 0.4) is 0 Å². The molecule has 1 aromatic carbocycles. The van der Waals surface area contributed by atoms with Crippen molar-refractivity contribution in [3.8, 4) is 0 Å². The van der Waals surface area contributed by atoms with Crippen LogP contribution in [-0.2, 0) is 6.54 Å². The molecule has 4 aromatic rings. The van der Waals surface area contributed by atoms with Gasteiger partial charge in [0.05, 0.1) is 10.9 Å². The van der Waals surface area contributed by atoms with Crippen LogP contribution in [-0.4, -0.2) is 42.2 Å². The van der Waals surface area contributed by atoms with Crippen LogP contribution in [0.4, 0.5) is 10.2 Å². The third-order valence-corrected chi connectivity index (χ3v) is 5.94.